The first-order valence-electron chi connectivity index (χ1n) is 6.47. The van der Waals surface area contributed by atoms with Crippen molar-refractivity contribution in [1.82, 2.24) is 20.1 Å². The number of carbonyl (C=O) groups excluding carboxylic acids is 1. The molecule has 0 atom stereocenters. The van der Waals surface area contributed by atoms with Crippen LogP contribution in [0.2, 0.25) is 0 Å². The molecule has 0 aromatic carbocycles. The van der Waals surface area contributed by atoms with Gasteiger partial charge in [0.15, 0.2) is 5.69 Å². The number of pyridine rings is 1. The number of alkyl halides is 5. The molecule has 1 N–H and O–H groups in total. The molecule has 0 bridgehead atoms. The van der Waals surface area contributed by atoms with Gasteiger partial charge in [0, 0.05) is 13.1 Å². The van der Waals surface area contributed by atoms with Crippen molar-refractivity contribution in [1.29, 1.82) is 0 Å². The molecular weight excluding hydrogens is 339 g/mol. The van der Waals surface area contributed by atoms with Gasteiger partial charge in [0.2, 0.25) is 5.88 Å². The Hall–Kier alpha value is -2.72. The fourth-order valence-electron chi connectivity index (χ4n) is 1.76. The minimum Gasteiger partial charge on any atom is -0.417 e. The van der Waals surface area contributed by atoms with E-state index in [0.717, 1.165) is 22.9 Å². The van der Waals surface area contributed by atoms with Crippen LogP contribution in [0.1, 0.15) is 21.9 Å². The third-order valence-electron chi connectivity index (χ3n) is 2.81. The van der Waals surface area contributed by atoms with Crippen molar-refractivity contribution in [2.45, 2.75) is 19.3 Å². The van der Waals surface area contributed by atoms with Gasteiger partial charge in [-0.3, -0.25) is 4.79 Å². The van der Waals surface area contributed by atoms with Gasteiger partial charge in [-0.1, -0.05) is 6.07 Å². The molecule has 2 heterocycles. The van der Waals surface area contributed by atoms with Gasteiger partial charge in [0.1, 0.15) is 5.69 Å². The highest BCUT2D eigenvalue weighted by atomic mass is 19.4. The molecule has 6 nitrogen and oxygen atoms in total. The molecule has 2 aromatic heterocycles. The summed E-state index contributed by atoms with van der Waals surface area (Å²) in [7, 11) is 1.29. The van der Waals surface area contributed by atoms with Gasteiger partial charge in [-0.15, -0.1) is 0 Å². The second kappa shape index (κ2) is 6.81. The van der Waals surface area contributed by atoms with Gasteiger partial charge in [0.25, 0.3) is 5.91 Å². The van der Waals surface area contributed by atoms with Crippen LogP contribution in [-0.2, 0) is 19.8 Å². The number of ether oxygens (including phenoxy) is 1. The number of hydrogen-bond donors (Lipinski definition) is 1. The fourth-order valence-corrected chi connectivity index (χ4v) is 1.76. The van der Waals surface area contributed by atoms with Crippen LogP contribution < -0.4 is 10.1 Å². The van der Waals surface area contributed by atoms with Gasteiger partial charge in [0.05, 0.1) is 12.2 Å². The maximum atomic E-state index is 12.5. The van der Waals surface area contributed by atoms with Crippen LogP contribution >= 0.6 is 0 Å². The SMILES string of the molecule is Cn1nc(C(=O)NCc2cccc(C(F)(F)F)n2)cc1OC(F)F. The van der Waals surface area contributed by atoms with Crippen LogP contribution in [0.25, 0.3) is 0 Å². The Morgan fingerprint density at radius 3 is 2.71 bits per heavy atom. The number of nitrogens with one attached hydrogen (secondary N) is 1. The number of nitrogens with zero attached hydrogens (tertiary/aromatic N) is 3. The number of carbonyl (C=O) groups is 1. The van der Waals surface area contributed by atoms with Gasteiger partial charge < -0.3 is 10.1 Å². The summed E-state index contributed by atoms with van der Waals surface area (Å²) in [6.45, 7) is -3.37. The van der Waals surface area contributed by atoms with E-state index in [0.29, 0.717) is 0 Å². The molecule has 0 aliphatic rings. The Labute approximate surface area is 132 Å². The molecule has 0 saturated carbocycles. The van der Waals surface area contributed by atoms with Crippen LogP contribution in [0.5, 0.6) is 5.88 Å². The molecule has 2 rings (SSSR count). The summed E-state index contributed by atoms with van der Waals surface area (Å²) in [5, 5.41) is 5.98. The Balaban J connectivity index is 2.03. The Bertz CT molecular complexity index is 729. The summed E-state index contributed by atoms with van der Waals surface area (Å²) in [6.07, 6.45) is -4.59. The molecule has 0 aliphatic heterocycles. The second-order valence-corrected chi connectivity index (χ2v) is 4.56. The first-order chi connectivity index (χ1) is 11.2. The van der Waals surface area contributed by atoms with Crippen LogP contribution in [0, 0.1) is 0 Å². The molecule has 1 amide bonds. The summed E-state index contributed by atoms with van der Waals surface area (Å²) in [6, 6.07) is 4.25. The third kappa shape index (κ3) is 4.40. The van der Waals surface area contributed by atoms with E-state index in [9.17, 15) is 26.7 Å². The number of rotatable bonds is 5. The third-order valence-corrected chi connectivity index (χ3v) is 2.81. The van der Waals surface area contributed by atoms with Crippen molar-refractivity contribution in [2.24, 2.45) is 7.05 Å². The molecule has 0 aliphatic carbocycles. The summed E-state index contributed by atoms with van der Waals surface area (Å²) < 4.78 is 67.0. The maximum absolute atomic E-state index is 12.5. The maximum Gasteiger partial charge on any atom is 0.433 e. The highest BCUT2D eigenvalue weighted by Gasteiger charge is 2.32. The van der Waals surface area contributed by atoms with Gasteiger partial charge in [-0.05, 0) is 12.1 Å². The first kappa shape index (κ1) is 17.6. The smallest absolute Gasteiger partial charge is 0.417 e. The minimum absolute atomic E-state index is 0.0156. The predicted molar refractivity (Wildman–Crippen MR) is 70.2 cm³/mol. The number of amides is 1. The predicted octanol–water partition coefficient (Wildman–Crippen LogP) is 2.37. The van der Waals surface area contributed by atoms with E-state index in [1.165, 1.54) is 13.1 Å². The lowest BCUT2D eigenvalue weighted by Gasteiger charge is -2.08. The lowest BCUT2D eigenvalue weighted by atomic mass is 10.3. The zero-order valence-electron chi connectivity index (χ0n) is 12.1. The Morgan fingerprint density at radius 1 is 1.38 bits per heavy atom. The van der Waals surface area contributed by atoms with Crippen LogP contribution in [0.15, 0.2) is 24.3 Å². The molecule has 0 unspecified atom stereocenters. The van der Waals surface area contributed by atoms with Crippen molar-refractivity contribution in [2.75, 3.05) is 0 Å². The van der Waals surface area contributed by atoms with E-state index in [4.69, 9.17) is 0 Å². The van der Waals surface area contributed by atoms with E-state index < -0.39 is 24.4 Å². The van der Waals surface area contributed by atoms with Crippen molar-refractivity contribution < 1.29 is 31.5 Å². The highest BCUT2D eigenvalue weighted by Crippen LogP contribution is 2.27. The number of aromatic nitrogens is 3. The zero-order chi connectivity index (χ0) is 17.9. The lowest BCUT2D eigenvalue weighted by Crippen LogP contribution is -2.24. The molecule has 2 aromatic rings. The molecular formula is C13H11F5N4O2. The summed E-state index contributed by atoms with van der Waals surface area (Å²) in [4.78, 5) is 15.3. The Morgan fingerprint density at radius 2 is 2.08 bits per heavy atom. The molecule has 0 spiro atoms. The van der Waals surface area contributed by atoms with E-state index in [1.54, 1.807) is 0 Å². The van der Waals surface area contributed by atoms with Crippen molar-refractivity contribution in [3.8, 4) is 5.88 Å². The summed E-state index contributed by atoms with van der Waals surface area (Å²) >= 11 is 0. The molecule has 0 saturated heterocycles. The minimum atomic E-state index is -4.59. The number of halogens is 5. The van der Waals surface area contributed by atoms with Crippen molar-refractivity contribution in [3.05, 3.63) is 41.3 Å². The molecule has 130 valence electrons. The molecule has 11 heteroatoms. The second-order valence-electron chi connectivity index (χ2n) is 4.56. The highest BCUT2D eigenvalue weighted by molar-refractivity contribution is 5.92. The monoisotopic (exact) mass is 350 g/mol. The van der Waals surface area contributed by atoms with Crippen molar-refractivity contribution in [3.63, 3.8) is 0 Å². The van der Waals surface area contributed by atoms with E-state index >= 15 is 0 Å². The van der Waals surface area contributed by atoms with Crippen LogP contribution in [0.4, 0.5) is 22.0 Å². The number of aryl methyl sites for hydroxylation is 1. The Kier molecular flexibility index (Phi) is 5.00. The zero-order valence-corrected chi connectivity index (χ0v) is 12.1. The van der Waals surface area contributed by atoms with E-state index in [-0.39, 0.29) is 23.8 Å². The quantitative estimate of drug-likeness (QED) is 0.841. The average molecular weight is 350 g/mol. The summed E-state index contributed by atoms with van der Waals surface area (Å²) in [5.74, 6) is -1.10. The van der Waals surface area contributed by atoms with Crippen molar-refractivity contribution >= 4 is 5.91 Å². The fraction of sp³-hybridized carbons (Fsp3) is 0.308. The largest absolute Gasteiger partial charge is 0.433 e. The molecule has 0 fully saturated rings. The van der Waals surface area contributed by atoms with Gasteiger partial charge in [-0.25, -0.2) is 9.67 Å². The van der Waals surface area contributed by atoms with Crippen LogP contribution in [0.3, 0.4) is 0 Å². The molecule has 24 heavy (non-hydrogen) atoms. The first-order valence-corrected chi connectivity index (χ1v) is 6.47. The van der Waals surface area contributed by atoms with E-state index in [1.807, 2.05) is 0 Å². The molecule has 0 radical (unpaired) electrons. The standard InChI is InChI=1S/C13H11F5N4O2/c1-22-10(24-12(14)15)5-8(21-22)11(23)19-6-7-3-2-4-9(20-7)13(16,17)18/h2-5,12H,6H2,1H3,(H,19,23). The van der Waals surface area contributed by atoms with E-state index in [2.05, 4.69) is 20.1 Å². The van der Waals surface area contributed by atoms with Gasteiger partial charge in [-0.2, -0.15) is 27.1 Å². The topological polar surface area (TPSA) is 69.0 Å². The average Bonchev–Trinajstić information content (AvgIpc) is 2.85. The normalized spacial score (nSPS) is 11.6. The van der Waals surface area contributed by atoms with Crippen LogP contribution in [-0.4, -0.2) is 27.3 Å². The lowest BCUT2D eigenvalue weighted by molar-refractivity contribution is -0.141. The number of hydrogen-bond acceptors (Lipinski definition) is 4. The summed E-state index contributed by atoms with van der Waals surface area (Å²) in [5.41, 5.74) is -1.32. The van der Waals surface area contributed by atoms with Gasteiger partial charge >= 0.3 is 12.8 Å².